The Balaban J connectivity index is 1.81. The van der Waals surface area contributed by atoms with Crippen molar-refractivity contribution in [2.45, 2.75) is 37.6 Å². The second-order valence-corrected chi connectivity index (χ2v) is 6.61. The summed E-state index contributed by atoms with van der Waals surface area (Å²) in [6.07, 6.45) is 7.64. The Bertz CT molecular complexity index is 761. The first-order chi connectivity index (χ1) is 11.1. The number of nitrogens with zero attached hydrogens (tertiary/aromatic N) is 3. The molecule has 4 rings (SSSR count). The number of urea groups is 1. The van der Waals surface area contributed by atoms with E-state index in [9.17, 15) is 10.0 Å². The van der Waals surface area contributed by atoms with E-state index >= 15 is 0 Å². The van der Waals surface area contributed by atoms with Crippen molar-refractivity contribution in [3.05, 3.63) is 52.9 Å². The molecule has 3 unspecified atom stereocenters. The summed E-state index contributed by atoms with van der Waals surface area (Å²) in [5.74, 6) is 0.466. The van der Waals surface area contributed by atoms with E-state index in [4.69, 9.17) is 4.99 Å². The average molecular weight is 309 g/mol. The summed E-state index contributed by atoms with van der Waals surface area (Å²) in [6.45, 7) is 0. The van der Waals surface area contributed by atoms with Crippen molar-refractivity contribution in [2.24, 2.45) is 9.98 Å². The summed E-state index contributed by atoms with van der Waals surface area (Å²) >= 11 is 0. The molecular formula is C18H19N3O2. The highest BCUT2D eigenvalue weighted by molar-refractivity contribution is 6.53. The molecule has 1 aliphatic carbocycles. The molecule has 1 fully saturated rings. The molecule has 1 aromatic carbocycles. The van der Waals surface area contributed by atoms with Crippen LogP contribution in [0, 0.1) is 5.21 Å². The lowest BCUT2D eigenvalue weighted by Crippen LogP contribution is -2.41. The molecular weight excluding hydrogens is 290 g/mol. The van der Waals surface area contributed by atoms with Crippen LogP contribution < -0.4 is 0 Å². The Kier molecular flexibility index (Phi) is 3.28. The van der Waals surface area contributed by atoms with Gasteiger partial charge in [0.1, 0.15) is 11.9 Å². The van der Waals surface area contributed by atoms with Crippen LogP contribution in [0.15, 0.2) is 46.5 Å². The van der Waals surface area contributed by atoms with Crippen LogP contribution in [0.5, 0.6) is 0 Å². The molecule has 5 nitrogen and oxygen atoms in total. The lowest BCUT2D eigenvalue weighted by atomic mass is 9.75. The first-order valence-corrected chi connectivity index (χ1v) is 8.13. The number of carbonyl (C=O) groups is 1. The topological polar surface area (TPSA) is 64.8 Å². The smallest absolute Gasteiger partial charge is 0.447 e. The van der Waals surface area contributed by atoms with Crippen LogP contribution in [0.4, 0.5) is 4.79 Å². The number of quaternary nitrogens is 1. The largest absolute Gasteiger partial charge is 0.619 e. The molecule has 2 aliphatic heterocycles. The van der Waals surface area contributed by atoms with Crippen molar-refractivity contribution in [3.63, 3.8) is 0 Å². The summed E-state index contributed by atoms with van der Waals surface area (Å²) in [7, 11) is 1.28. The zero-order valence-corrected chi connectivity index (χ0v) is 13.1. The van der Waals surface area contributed by atoms with Gasteiger partial charge in [-0.15, -0.1) is 0 Å². The van der Waals surface area contributed by atoms with Gasteiger partial charge < -0.3 is 5.21 Å². The van der Waals surface area contributed by atoms with Gasteiger partial charge in [-0.2, -0.15) is 4.99 Å². The summed E-state index contributed by atoms with van der Waals surface area (Å²) in [6, 6.07) is 7.81. The number of hydrogen-bond acceptors (Lipinski definition) is 3. The molecule has 23 heavy (non-hydrogen) atoms. The van der Waals surface area contributed by atoms with Crippen LogP contribution in [0.2, 0.25) is 0 Å². The molecule has 0 bridgehead atoms. The molecule has 1 aromatic rings. The molecule has 0 spiro atoms. The average Bonchev–Trinajstić information content (AvgIpc) is 2.57. The SMILES string of the molecule is C[N+]1([O-])C=CC(C2=NC3CCCCC3c3ccccc32)=NC1=O. The zero-order valence-electron chi connectivity index (χ0n) is 13.1. The van der Waals surface area contributed by atoms with Gasteiger partial charge in [0.25, 0.3) is 0 Å². The second kappa shape index (κ2) is 5.22. The fraction of sp³-hybridized carbons (Fsp3) is 0.389. The number of carbonyl (C=O) groups excluding carboxylic acids is 1. The number of aliphatic imine (C=N–C) groups is 2. The second-order valence-electron chi connectivity index (χ2n) is 6.61. The fourth-order valence-corrected chi connectivity index (χ4v) is 3.75. The predicted molar refractivity (Wildman–Crippen MR) is 89.5 cm³/mol. The Morgan fingerprint density at radius 1 is 1.22 bits per heavy atom. The monoisotopic (exact) mass is 309 g/mol. The molecule has 0 N–H and O–H groups in total. The van der Waals surface area contributed by atoms with Gasteiger partial charge >= 0.3 is 6.03 Å². The third kappa shape index (κ3) is 2.36. The third-order valence-corrected chi connectivity index (χ3v) is 5.00. The molecule has 3 atom stereocenters. The van der Waals surface area contributed by atoms with Gasteiger partial charge in [0.2, 0.25) is 0 Å². The molecule has 3 aliphatic rings. The van der Waals surface area contributed by atoms with Crippen molar-refractivity contribution in [1.29, 1.82) is 0 Å². The van der Waals surface area contributed by atoms with Crippen molar-refractivity contribution in [1.82, 2.24) is 0 Å². The third-order valence-electron chi connectivity index (χ3n) is 5.00. The molecule has 5 heteroatoms. The minimum Gasteiger partial charge on any atom is -0.619 e. The fourth-order valence-electron chi connectivity index (χ4n) is 3.75. The van der Waals surface area contributed by atoms with Crippen LogP contribution in [0.25, 0.3) is 0 Å². The number of rotatable bonds is 1. The quantitative estimate of drug-likeness (QED) is 0.588. The van der Waals surface area contributed by atoms with Gasteiger partial charge in [-0.25, -0.2) is 4.79 Å². The van der Waals surface area contributed by atoms with Gasteiger partial charge in [0.15, 0.2) is 0 Å². The first kappa shape index (κ1) is 14.5. The molecule has 0 radical (unpaired) electrons. The maximum absolute atomic E-state index is 11.9. The lowest BCUT2D eigenvalue weighted by Gasteiger charge is -2.36. The number of benzene rings is 1. The summed E-state index contributed by atoms with van der Waals surface area (Å²) in [5.41, 5.74) is 3.62. The van der Waals surface area contributed by atoms with Crippen LogP contribution >= 0.6 is 0 Å². The van der Waals surface area contributed by atoms with Gasteiger partial charge in [0.05, 0.1) is 18.8 Å². The van der Waals surface area contributed by atoms with E-state index in [1.54, 1.807) is 6.08 Å². The molecule has 0 saturated heterocycles. The zero-order chi connectivity index (χ0) is 16.0. The van der Waals surface area contributed by atoms with Crippen molar-refractivity contribution >= 4 is 17.5 Å². The molecule has 1 saturated carbocycles. The highest BCUT2D eigenvalue weighted by atomic mass is 16.6. The van der Waals surface area contributed by atoms with E-state index < -0.39 is 10.7 Å². The highest BCUT2D eigenvalue weighted by Crippen LogP contribution is 2.40. The maximum atomic E-state index is 11.9. The van der Waals surface area contributed by atoms with Gasteiger partial charge in [-0.3, -0.25) is 9.64 Å². The molecule has 0 aromatic heterocycles. The van der Waals surface area contributed by atoms with Crippen LogP contribution in [-0.4, -0.2) is 35.2 Å². The summed E-state index contributed by atoms with van der Waals surface area (Å²) in [4.78, 5) is 20.9. The van der Waals surface area contributed by atoms with E-state index in [0.717, 1.165) is 24.1 Å². The van der Waals surface area contributed by atoms with Gasteiger partial charge in [-0.1, -0.05) is 37.1 Å². The van der Waals surface area contributed by atoms with E-state index in [0.29, 0.717) is 11.6 Å². The van der Waals surface area contributed by atoms with Crippen LogP contribution in [0.1, 0.15) is 42.7 Å². The van der Waals surface area contributed by atoms with Gasteiger partial charge in [0, 0.05) is 17.6 Å². The number of amides is 2. The van der Waals surface area contributed by atoms with E-state index in [1.165, 1.54) is 31.7 Å². The number of hydrogen-bond donors (Lipinski definition) is 0. The molecule has 2 amide bonds. The molecule has 2 heterocycles. The number of hydroxylamine groups is 3. The summed E-state index contributed by atoms with van der Waals surface area (Å²) < 4.78 is -1.09. The Morgan fingerprint density at radius 3 is 2.83 bits per heavy atom. The van der Waals surface area contributed by atoms with Crippen LogP contribution in [0.3, 0.4) is 0 Å². The Hall–Kier alpha value is -2.11. The van der Waals surface area contributed by atoms with Gasteiger partial charge in [-0.05, 0) is 18.4 Å². The maximum Gasteiger partial charge on any atom is 0.447 e. The summed E-state index contributed by atoms with van der Waals surface area (Å²) in [5, 5.41) is 11.9. The van der Waals surface area contributed by atoms with Crippen LogP contribution in [-0.2, 0) is 0 Å². The van der Waals surface area contributed by atoms with Crippen molar-refractivity contribution in [2.75, 3.05) is 7.05 Å². The van der Waals surface area contributed by atoms with E-state index in [-0.39, 0.29) is 6.04 Å². The van der Waals surface area contributed by atoms with E-state index in [2.05, 4.69) is 17.1 Å². The minimum absolute atomic E-state index is 0.259. The Morgan fingerprint density at radius 2 is 2.00 bits per heavy atom. The molecule has 118 valence electrons. The number of allylic oxidation sites excluding steroid dienone is 1. The Labute approximate surface area is 135 Å². The standard InChI is InChI=1S/C18H19N3O2/c1-21(23)11-10-16(20-18(21)22)17-14-8-3-2-6-12(14)13-7-4-5-9-15(13)19-17/h2-3,6,8,10-11,13,15H,4-5,7,9H2,1H3. The highest BCUT2D eigenvalue weighted by Gasteiger charge is 2.35. The van der Waals surface area contributed by atoms with Crippen molar-refractivity contribution in [3.8, 4) is 0 Å². The van der Waals surface area contributed by atoms with Crippen molar-refractivity contribution < 1.29 is 9.44 Å². The normalized spacial score (nSPS) is 32.7. The lowest BCUT2D eigenvalue weighted by molar-refractivity contribution is -0.718. The van der Waals surface area contributed by atoms with E-state index in [1.807, 2.05) is 12.1 Å². The predicted octanol–water partition coefficient (Wildman–Crippen LogP) is 3.55. The first-order valence-electron chi connectivity index (χ1n) is 8.13. The minimum atomic E-state index is -1.09. The number of fused-ring (bicyclic) bond motifs is 3.